The van der Waals surface area contributed by atoms with E-state index in [1.807, 2.05) is 0 Å². The zero-order valence-electron chi connectivity index (χ0n) is 10.0. The van der Waals surface area contributed by atoms with Gasteiger partial charge in [0.25, 0.3) is 0 Å². The van der Waals surface area contributed by atoms with Crippen molar-refractivity contribution in [2.75, 3.05) is 32.8 Å². The lowest BCUT2D eigenvalue weighted by atomic mass is 10.1. The summed E-state index contributed by atoms with van der Waals surface area (Å²) in [6.07, 6.45) is 2.75. The van der Waals surface area contributed by atoms with Gasteiger partial charge in [0.2, 0.25) is 0 Å². The average Bonchev–Trinajstić information content (AvgIpc) is 2.65. The normalized spacial score (nSPS) is 35.4. The molecule has 0 aliphatic carbocycles. The van der Waals surface area contributed by atoms with E-state index in [-0.39, 0.29) is 0 Å². The SMILES string of the molecule is CC(CO)CN1CC2CCCN2CC1C. The Bertz CT molecular complexity index is 210. The van der Waals surface area contributed by atoms with E-state index < -0.39 is 0 Å². The Kier molecular flexibility index (Phi) is 3.65. The van der Waals surface area contributed by atoms with E-state index in [1.54, 1.807) is 0 Å². The highest BCUT2D eigenvalue weighted by Gasteiger charge is 2.34. The first-order valence-electron chi connectivity index (χ1n) is 6.29. The monoisotopic (exact) mass is 212 g/mol. The second-order valence-corrected chi connectivity index (χ2v) is 5.38. The van der Waals surface area contributed by atoms with Crippen molar-refractivity contribution in [3.05, 3.63) is 0 Å². The first kappa shape index (κ1) is 11.4. The molecule has 3 heteroatoms. The van der Waals surface area contributed by atoms with Gasteiger partial charge in [-0.3, -0.25) is 9.80 Å². The van der Waals surface area contributed by atoms with E-state index in [2.05, 4.69) is 23.6 Å². The summed E-state index contributed by atoms with van der Waals surface area (Å²) in [6.45, 7) is 9.57. The third-order valence-electron chi connectivity index (χ3n) is 3.92. The van der Waals surface area contributed by atoms with Gasteiger partial charge < -0.3 is 5.11 Å². The van der Waals surface area contributed by atoms with Crippen LogP contribution in [0.4, 0.5) is 0 Å². The second kappa shape index (κ2) is 4.81. The van der Waals surface area contributed by atoms with Crippen LogP contribution in [0.25, 0.3) is 0 Å². The summed E-state index contributed by atoms with van der Waals surface area (Å²) in [5.74, 6) is 0.417. The molecule has 2 saturated heterocycles. The van der Waals surface area contributed by atoms with Crippen molar-refractivity contribution < 1.29 is 5.11 Å². The predicted molar refractivity (Wildman–Crippen MR) is 61.9 cm³/mol. The average molecular weight is 212 g/mol. The number of hydrogen-bond acceptors (Lipinski definition) is 3. The molecule has 3 nitrogen and oxygen atoms in total. The fraction of sp³-hybridized carbons (Fsp3) is 1.00. The zero-order valence-corrected chi connectivity index (χ0v) is 10.0. The lowest BCUT2D eigenvalue weighted by Gasteiger charge is -2.43. The molecule has 3 unspecified atom stereocenters. The number of fused-ring (bicyclic) bond motifs is 1. The molecule has 2 rings (SSSR count). The molecule has 0 amide bonds. The lowest BCUT2D eigenvalue weighted by Crippen LogP contribution is -2.55. The molecular weight excluding hydrogens is 188 g/mol. The van der Waals surface area contributed by atoms with Crippen LogP contribution in [0.3, 0.4) is 0 Å². The minimum atomic E-state index is 0.317. The van der Waals surface area contributed by atoms with Gasteiger partial charge in [-0.2, -0.15) is 0 Å². The fourth-order valence-electron chi connectivity index (χ4n) is 2.96. The van der Waals surface area contributed by atoms with Crippen LogP contribution < -0.4 is 0 Å². The van der Waals surface area contributed by atoms with Crippen LogP contribution in [0.15, 0.2) is 0 Å². The van der Waals surface area contributed by atoms with Crippen molar-refractivity contribution in [2.24, 2.45) is 5.92 Å². The third-order valence-corrected chi connectivity index (χ3v) is 3.92. The maximum Gasteiger partial charge on any atom is 0.0468 e. The van der Waals surface area contributed by atoms with Gasteiger partial charge in [-0.1, -0.05) is 6.92 Å². The smallest absolute Gasteiger partial charge is 0.0468 e. The molecule has 2 fully saturated rings. The fourth-order valence-corrected chi connectivity index (χ4v) is 2.96. The van der Waals surface area contributed by atoms with E-state index >= 15 is 0 Å². The summed E-state index contributed by atoms with van der Waals surface area (Å²) in [5, 5.41) is 9.10. The highest BCUT2D eigenvalue weighted by molar-refractivity contribution is 4.90. The number of aliphatic hydroxyl groups excluding tert-OH is 1. The predicted octanol–water partition coefficient (Wildman–Crippen LogP) is 0.783. The van der Waals surface area contributed by atoms with Gasteiger partial charge in [-0.25, -0.2) is 0 Å². The summed E-state index contributed by atoms with van der Waals surface area (Å²) >= 11 is 0. The van der Waals surface area contributed by atoms with Gasteiger partial charge in [-0.05, 0) is 32.2 Å². The molecule has 0 aromatic carbocycles. The number of nitrogens with zero attached hydrogens (tertiary/aromatic N) is 2. The Morgan fingerprint density at radius 1 is 1.40 bits per heavy atom. The Labute approximate surface area is 93.1 Å². The van der Waals surface area contributed by atoms with Crippen molar-refractivity contribution in [3.8, 4) is 0 Å². The highest BCUT2D eigenvalue weighted by Crippen LogP contribution is 2.24. The lowest BCUT2D eigenvalue weighted by molar-refractivity contribution is 0.0424. The van der Waals surface area contributed by atoms with Gasteiger partial charge in [0, 0.05) is 38.3 Å². The quantitative estimate of drug-likeness (QED) is 0.749. The third kappa shape index (κ3) is 2.52. The first-order chi connectivity index (χ1) is 7.20. The van der Waals surface area contributed by atoms with Crippen LogP contribution in [-0.4, -0.2) is 59.8 Å². The Balaban J connectivity index is 1.89. The summed E-state index contributed by atoms with van der Waals surface area (Å²) in [4.78, 5) is 5.21. The molecule has 0 radical (unpaired) electrons. The molecule has 0 bridgehead atoms. The summed E-state index contributed by atoms with van der Waals surface area (Å²) in [7, 11) is 0. The van der Waals surface area contributed by atoms with Crippen LogP contribution in [-0.2, 0) is 0 Å². The van der Waals surface area contributed by atoms with Gasteiger partial charge in [0.15, 0.2) is 0 Å². The summed E-state index contributed by atoms with van der Waals surface area (Å²) < 4.78 is 0. The number of aliphatic hydroxyl groups is 1. The van der Waals surface area contributed by atoms with E-state index in [0.29, 0.717) is 18.6 Å². The molecule has 1 N–H and O–H groups in total. The maximum atomic E-state index is 9.10. The second-order valence-electron chi connectivity index (χ2n) is 5.38. The number of rotatable bonds is 3. The van der Waals surface area contributed by atoms with Crippen molar-refractivity contribution in [1.82, 2.24) is 9.80 Å². The van der Waals surface area contributed by atoms with Crippen LogP contribution in [0.1, 0.15) is 26.7 Å². The van der Waals surface area contributed by atoms with Crippen molar-refractivity contribution in [2.45, 2.75) is 38.8 Å². The van der Waals surface area contributed by atoms with Crippen molar-refractivity contribution >= 4 is 0 Å². The van der Waals surface area contributed by atoms with Crippen molar-refractivity contribution in [3.63, 3.8) is 0 Å². The maximum absolute atomic E-state index is 9.10. The van der Waals surface area contributed by atoms with Gasteiger partial charge in [0.1, 0.15) is 0 Å². The topological polar surface area (TPSA) is 26.7 Å². The Hall–Kier alpha value is -0.120. The molecule has 0 spiro atoms. The van der Waals surface area contributed by atoms with E-state index in [1.165, 1.54) is 32.5 Å². The van der Waals surface area contributed by atoms with Crippen LogP contribution in [0.2, 0.25) is 0 Å². The first-order valence-corrected chi connectivity index (χ1v) is 6.29. The zero-order chi connectivity index (χ0) is 10.8. The van der Waals surface area contributed by atoms with E-state index in [9.17, 15) is 0 Å². The Morgan fingerprint density at radius 3 is 2.93 bits per heavy atom. The van der Waals surface area contributed by atoms with Gasteiger partial charge >= 0.3 is 0 Å². The summed E-state index contributed by atoms with van der Waals surface area (Å²) in [5.41, 5.74) is 0. The van der Waals surface area contributed by atoms with Gasteiger partial charge in [-0.15, -0.1) is 0 Å². The Morgan fingerprint density at radius 2 is 2.20 bits per heavy atom. The highest BCUT2D eigenvalue weighted by atomic mass is 16.3. The van der Waals surface area contributed by atoms with Crippen LogP contribution in [0, 0.1) is 5.92 Å². The van der Waals surface area contributed by atoms with Crippen molar-refractivity contribution in [1.29, 1.82) is 0 Å². The standard InChI is InChI=1S/C12H24N2O/c1-10(9-15)6-14-8-12-4-3-5-13(12)7-11(14)2/h10-12,15H,3-9H2,1-2H3. The molecule has 2 aliphatic rings. The van der Waals surface area contributed by atoms with Crippen LogP contribution >= 0.6 is 0 Å². The minimum Gasteiger partial charge on any atom is -0.396 e. The largest absolute Gasteiger partial charge is 0.396 e. The molecule has 0 aromatic rings. The molecule has 3 atom stereocenters. The number of piperazine rings is 1. The molecule has 15 heavy (non-hydrogen) atoms. The van der Waals surface area contributed by atoms with Gasteiger partial charge in [0.05, 0.1) is 0 Å². The van der Waals surface area contributed by atoms with E-state index in [0.717, 1.165) is 12.6 Å². The molecule has 2 heterocycles. The molecule has 2 aliphatic heterocycles. The number of hydrogen-bond donors (Lipinski definition) is 1. The minimum absolute atomic E-state index is 0.317. The molecular formula is C12H24N2O. The molecule has 0 aromatic heterocycles. The molecule has 88 valence electrons. The van der Waals surface area contributed by atoms with E-state index in [4.69, 9.17) is 5.11 Å². The molecule has 0 saturated carbocycles. The summed E-state index contributed by atoms with van der Waals surface area (Å²) in [6, 6.07) is 1.46. The van der Waals surface area contributed by atoms with Crippen LogP contribution in [0.5, 0.6) is 0 Å².